The zero-order valence-electron chi connectivity index (χ0n) is 14.6. The quantitative estimate of drug-likeness (QED) is 0.742. The van der Waals surface area contributed by atoms with Crippen molar-refractivity contribution in [3.63, 3.8) is 0 Å². The fourth-order valence-electron chi connectivity index (χ4n) is 3.24. The molecule has 2 heterocycles. The molecule has 0 spiro atoms. The SMILES string of the molecule is CCOc1ccc(N2C(=O)[C@@H]3[C@@H](N=NN3Cc3ccc(Cl)cc3)C2=O)cc1. The van der Waals surface area contributed by atoms with Gasteiger partial charge >= 0.3 is 0 Å². The molecule has 2 aliphatic heterocycles. The van der Waals surface area contributed by atoms with Gasteiger partial charge in [-0.15, -0.1) is 0 Å². The molecule has 7 nitrogen and oxygen atoms in total. The molecule has 0 saturated carbocycles. The molecule has 0 bridgehead atoms. The van der Waals surface area contributed by atoms with Crippen molar-refractivity contribution in [2.75, 3.05) is 11.5 Å². The first-order chi connectivity index (χ1) is 13.1. The third-order valence-corrected chi connectivity index (χ3v) is 4.77. The van der Waals surface area contributed by atoms with Gasteiger partial charge in [0.2, 0.25) is 0 Å². The van der Waals surface area contributed by atoms with E-state index >= 15 is 0 Å². The maximum absolute atomic E-state index is 13.0. The van der Waals surface area contributed by atoms with Crippen molar-refractivity contribution in [3.8, 4) is 5.75 Å². The Bertz CT molecular complexity index is 898. The number of ether oxygens (including phenoxy) is 1. The number of nitrogens with zero attached hydrogens (tertiary/aromatic N) is 4. The number of hydrogen-bond donors (Lipinski definition) is 0. The van der Waals surface area contributed by atoms with Crippen LogP contribution in [0.2, 0.25) is 5.02 Å². The standard InChI is InChI=1S/C19H17ClN4O3/c1-2-27-15-9-7-14(8-10-15)24-18(25)16-17(19(24)26)23(22-21-16)11-12-3-5-13(20)6-4-12/h3-10,16-17H,2,11H2,1H3/t16-,17+/m1/s1. The summed E-state index contributed by atoms with van der Waals surface area (Å²) in [5, 5.41) is 10.3. The second-order valence-electron chi connectivity index (χ2n) is 6.26. The van der Waals surface area contributed by atoms with Crippen LogP contribution >= 0.6 is 11.6 Å². The molecular weight excluding hydrogens is 368 g/mol. The maximum Gasteiger partial charge on any atom is 0.263 e. The molecule has 0 aliphatic carbocycles. The Balaban J connectivity index is 1.55. The van der Waals surface area contributed by atoms with E-state index in [0.717, 1.165) is 5.56 Å². The number of halogens is 1. The van der Waals surface area contributed by atoms with Gasteiger partial charge in [0.1, 0.15) is 5.75 Å². The van der Waals surface area contributed by atoms with E-state index in [-0.39, 0.29) is 11.8 Å². The van der Waals surface area contributed by atoms with Crippen molar-refractivity contribution in [2.45, 2.75) is 25.6 Å². The average molecular weight is 385 g/mol. The molecule has 1 fully saturated rings. The van der Waals surface area contributed by atoms with Crippen molar-refractivity contribution in [1.82, 2.24) is 5.01 Å². The van der Waals surface area contributed by atoms with Gasteiger partial charge in [0, 0.05) is 5.02 Å². The lowest BCUT2D eigenvalue weighted by Crippen LogP contribution is -2.39. The van der Waals surface area contributed by atoms with Gasteiger partial charge in [-0.25, -0.2) is 4.90 Å². The molecule has 0 unspecified atom stereocenters. The number of carbonyl (C=O) groups excluding carboxylic acids is 2. The number of imide groups is 1. The van der Waals surface area contributed by atoms with Crippen LogP contribution in [0.4, 0.5) is 5.69 Å². The lowest BCUT2D eigenvalue weighted by atomic mass is 10.1. The van der Waals surface area contributed by atoms with Crippen LogP contribution < -0.4 is 9.64 Å². The summed E-state index contributed by atoms with van der Waals surface area (Å²) in [6.45, 7) is 2.81. The molecule has 4 rings (SSSR count). The van der Waals surface area contributed by atoms with Crippen molar-refractivity contribution >= 4 is 29.1 Å². The molecule has 0 aromatic heterocycles. The van der Waals surface area contributed by atoms with Crippen LogP contribution in [0, 0.1) is 0 Å². The minimum atomic E-state index is -0.809. The summed E-state index contributed by atoms with van der Waals surface area (Å²) in [4.78, 5) is 26.9. The minimum Gasteiger partial charge on any atom is -0.494 e. The van der Waals surface area contributed by atoms with Crippen molar-refractivity contribution < 1.29 is 14.3 Å². The lowest BCUT2D eigenvalue weighted by Gasteiger charge is -2.20. The molecule has 2 aliphatic rings. The number of fused-ring (bicyclic) bond motifs is 1. The number of amides is 2. The van der Waals surface area contributed by atoms with Crippen LogP contribution in [0.15, 0.2) is 58.9 Å². The predicted molar refractivity (Wildman–Crippen MR) is 99.5 cm³/mol. The molecule has 2 atom stereocenters. The first-order valence-corrected chi connectivity index (χ1v) is 8.99. The topological polar surface area (TPSA) is 74.6 Å². The fourth-order valence-corrected chi connectivity index (χ4v) is 3.37. The van der Waals surface area contributed by atoms with E-state index in [9.17, 15) is 9.59 Å². The van der Waals surface area contributed by atoms with E-state index in [0.29, 0.717) is 29.6 Å². The number of hydrogen-bond acceptors (Lipinski definition) is 6. The van der Waals surface area contributed by atoms with Crippen LogP contribution in [0.1, 0.15) is 12.5 Å². The van der Waals surface area contributed by atoms with Gasteiger partial charge in [-0.3, -0.25) is 14.6 Å². The summed E-state index contributed by atoms with van der Waals surface area (Å²) in [7, 11) is 0. The van der Waals surface area contributed by atoms with Crippen LogP contribution in [-0.4, -0.2) is 35.5 Å². The summed E-state index contributed by atoms with van der Waals surface area (Å²) in [5.74, 6) is -0.00534. The normalized spacial score (nSPS) is 21.1. The third kappa shape index (κ3) is 3.14. The van der Waals surface area contributed by atoms with Crippen molar-refractivity contribution in [2.24, 2.45) is 10.3 Å². The first kappa shape index (κ1) is 17.5. The average Bonchev–Trinajstić information content (AvgIpc) is 3.18. The molecule has 2 amide bonds. The van der Waals surface area contributed by atoms with Gasteiger partial charge in [-0.1, -0.05) is 29.0 Å². The third-order valence-electron chi connectivity index (χ3n) is 4.52. The Morgan fingerprint density at radius 1 is 1.04 bits per heavy atom. The largest absolute Gasteiger partial charge is 0.494 e. The molecule has 0 radical (unpaired) electrons. The van der Waals surface area contributed by atoms with E-state index in [4.69, 9.17) is 16.3 Å². The van der Waals surface area contributed by atoms with E-state index in [1.165, 1.54) is 4.90 Å². The Labute approximate surface area is 161 Å². The Kier molecular flexibility index (Phi) is 4.53. The molecule has 2 aromatic carbocycles. The van der Waals surface area contributed by atoms with Gasteiger partial charge in [-0.05, 0) is 48.9 Å². The van der Waals surface area contributed by atoms with Crippen LogP contribution in [0.5, 0.6) is 5.75 Å². The molecule has 27 heavy (non-hydrogen) atoms. The van der Waals surface area contributed by atoms with Gasteiger partial charge in [0.25, 0.3) is 11.8 Å². The van der Waals surface area contributed by atoms with Gasteiger partial charge in [0.15, 0.2) is 12.1 Å². The first-order valence-electron chi connectivity index (χ1n) is 8.61. The molecule has 8 heteroatoms. The maximum atomic E-state index is 13.0. The van der Waals surface area contributed by atoms with Gasteiger partial charge in [-0.2, -0.15) is 5.11 Å². The number of anilines is 1. The lowest BCUT2D eigenvalue weighted by molar-refractivity contribution is -0.123. The fraction of sp³-hybridized carbons (Fsp3) is 0.263. The molecule has 1 saturated heterocycles. The Hall–Kier alpha value is -2.93. The van der Waals surface area contributed by atoms with Gasteiger partial charge in [0.05, 0.1) is 18.8 Å². The summed E-state index contributed by atoms with van der Waals surface area (Å²) < 4.78 is 5.40. The zero-order chi connectivity index (χ0) is 19.0. The highest BCUT2D eigenvalue weighted by Crippen LogP contribution is 2.33. The molecular formula is C19H17ClN4O3. The summed E-state index contributed by atoms with van der Waals surface area (Å²) in [5.41, 5.74) is 1.43. The highest BCUT2D eigenvalue weighted by atomic mass is 35.5. The minimum absolute atomic E-state index is 0.326. The van der Waals surface area contributed by atoms with E-state index in [2.05, 4.69) is 10.3 Å². The Morgan fingerprint density at radius 2 is 1.74 bits per heavy atom. The van der Waals surface area contributed by atoms with E-state index in [1.54, 1.807) is 41.4 Å². The van der Waals surface area contributed by atoms with Gasteiger partial charge < -0.3 is 4.74 Å². The van der Waals surface area contributed by atoms with E-state index in [1.807, 2.05) is 19.1 Å². The highest BCUT2D eigenvalue weighted by Gasteiger charge is 2.54. The second-order valence-corrected chi connectivity index (χ2v) is 6.69. The number of rotatable bonds is 5. The monoisotopic (exact) mass is 384 g/mol. The van der Waals surface area contributed by atoms with Crippen molar-refractivity contribution in [3.05, 3.63) is 59.1 Å². The second kappa shape index (κ2) is 7.00. The number of benzene rings is 2. The molecule has 0 N–H and O–H groups in total. The zero-order valence-corrected chi connectivity index (χ0v) is 15.3. The highest BCUT2D eigenvalue weighted by molar-refractivity contribution is 6.30. The summed E-state index contributed by atoms with van der Waals surface area (Å²) in [6.07, 6.45) is 0. The molecule has 138 valence electrons. The predicted octanol–water partition coefficient (Wildman–Crippen LogP) is 3.23. The Morgan fingerprint density at radius 3 is 2.41 bits per heavy atom. The number of carbonyl (C=O) groups is 2. The molecule has 2 aromatic rings. The van der Waals surface area contributed by atoms with E-state index < -0.39 is 12.1 Å². The van der Waals surface area contributed by atoms with Crippen LogP contribution in [-0.2, 0) is 16.1 Å². The summed E-state index contributed by atoms with van der Waals surface area (Å²) in [6, 6.07) is 12.6. The van der Waals surface area contributed by atoms with Crippen molar-refractivity contribution in [1.29, 1.82) is 0 Å². The van der Waals surface area contributed by atoms with Crippen LogP contribution in [0.3, 0.4) is 0 Å². The van der Waals surface area contributed by atoms with Crippen LogP contribution in [0.25, 0.3) is 0 Å². The summed E-state index contributed by atoms with van der Waals surface area (Å²) >= 11 is 5.91. The smallest absolute Gasteiger partial charge is 0.263 e.